The number of hydrogen-bond acceptors (Lipinski definition) is 6. The van der Waals surface area contributed by atoms with E-state index in [1.807, 2.05) is 0 Å². The summed E-state index contributed by atoms with van der Waals surface area (Å²) < 4.78 is 58.0. The van der Waals surface area contributed by atoms with Crippen LogP contribution in [-0.4, -0.2) is 47.4 Å². The zero-order valence-electron chi connectivity index (χ0n) is 15.2. The van der Waals surface area contributed by atoms with Crippen molar-refractivity contribution in [1.29, 1.82) is 0 Å². The maximum atomic E-state index is 14.2. The molecule has 1 aromatic carbocycles. The first-order chi connectivity index (χ1) is 13.3. The van der Waals surface area contributed by atoms with Gasteiger partial charge in [-0.05, 0) is 24.6 Å². The van der Waals surface area contributed by atoms with Gasteiger partial charge < -0.3 is 4.74 Å². The van der Waals surface area contributed by atoms with Crippen LogP contribution in [0.4, 0.5) is 8.78 Å². The minimum Gasteiger partial charge on any atom is -0.370 e. The van der Waals surface area contributed by atoms with Crippen molar-refractivity contribution in [3.8, 4) is 0 Å². The molecule has 0 radical (unpaired) electrons. The van der Waals surface area contributed by atoms with E-state index in [1.165, 1.54) is 6.07 Å². The van der Waals surface area contributed by atoms with Crippen LogP contribution in [0.15, 0.2) is 24.4 Å². The highest BCUT2D eigenvalue weighted by atomic mass is 32.2. The third kappa shape index (κ3) is 3.71. The molecule has 1 N–H and O–H groups in total. The smallest absolute Gasteiger partial charge is 0.250 e. The standard InChI is InChI=1S/C17H21F2N4O3PS/c1-28(24,25)23-7-10-6-22(8-16(10)20-23)12-5-15(21-27)17(26-9-12)13-4-11(18)2-3-14(13)19/h2-4,7,12,15,17,21H,5-6,8-9,27H2,1H3/t12-,15+,17?/m1/s1. The maximum absolute atomic E-state index is 14.2. The molecular formula is C17H21F2N4O3PS. The molecule has 0 bridgehead atoms. The lowest BCUT2D eigenvalue weighted by molar-refractivity contribution is -0.0564. The average molecular weight is 430 g/mol. The monoisotopic (exact) mass is 430 g/mol. The van der Waals surface area contributed by atoms with Gasteiger partial charge >= 0.3 is 0 Å². The third-order valence-electron chi connectivity index (χ3n) is 5.28. The van der Waals surface area contributed by atoms with E-state index in [2.05, 4.69) is 24.5 Å². The Labute approximate surface area is 164 Å². The second-order valence-electron chi connectivity index (χ2n) is 7.22. The van der Waals surface area contributed by atoms with Crippen LogP contribution < -0.4 is 5.09 Å². The summed E-state index contributed by atoms with van der Waals surface area (Å²) in [5.74, 6) is -0.997. The molecule has 28 heavy (non-hydrogen) atoms. The molecule has 2 unspecified atom stereocenters. The second kappa shape index (κ2) is 7.42. The Balaban J connectivity index is 1.47. The van der Waals surface area contributed by atoms with Gasteiger partial charge in [0.25, 0.3) is 10.0 Å². The van der Waals surface area contributed by atoms with E-state index in [-0.39, 0.29) is 17.6 Å². The van der Waals surface area contributed by atoms with Crippen LogP contribution in [0.3, 0.4) is 0 Å². The molecule has 152 valence electrons. The lowest BCUT2D eigenvalue weighted by atomic mass is 9.93. The van der Waals surface area contributed by atoms with Gasteiger partial charge in [0.2, 0.25) is 0 Å². The number of benzene rings is 1. The van der Waals surface area contributed by atoms with E-state index in [4.69, 9.17) is 4.74 Å². The van der Waals surface area contributed by atoms with Gasteiger partial charge in [0.05, 0.1) is 18.6 Å². The van der Waals surface area contributed by atoms with Gasteiger partial charge in [-0.25, -0.2) is 17.2 Å². The third-order valence-corrected chi connectivity index (χ3v) is 6.57. The lowest BCUT2D eigenvalue weighted by Crippen LogP contribution is -2.47. The number of rotatable bonds is 4. The Morgan fingerprint density at radius 3 is 2.79 bits per heavy atom. The average Bonchev–Trinajstić information content (AvgIpc) is 3.22. The van der Waals surface area contributed by atoms with Gasteiger partial charge in [0.1, 0.15) is 17.7 Å². The summed E-state index contributed by atoms with van der Waals surface area (Å²) in [6, 6.07) is 3.20. The molecule has 2 aromatic rings. The van der Waals surface area contributed by atoms with Crippen molar-refractivity contribution in [2.45, 2.75) is 37.7 Å². The predicted octanol–water partition coefficient (Wildman–Crippen LogP) is 1.56. The number of halogens is 2. The zero-order chi connectivity index (χ0) is 20.1. The van der Waals surface area contributed by atoms with Crippen LogP contribution >= 0.6 is 9.39 Å². The second-order valence-corrected chi connectivity index (χ2v) is 9.40. The van der Waals surface area contributed by atoms with E-state index >= 15 is 0 Å². The van der Waals surface area contributed by atoms with Crippen molar-refractivity contribution in [1.82, 2.24) is 19.2 Å². The Bertz CT molecular complexity index is 977. The van der Waals surface area contributed by atoms with E-state index in [1.54, 1.807) is 6.20 Å². The summed E-state index contributed by atoms with van der Waals surface area (Å²) in [6.45, 7) is 1.45. The van der Waals surface area contributed by atoms with Gasteiger partial charge in [-0.1, -0.05) is 9.39 Å². The molecule has 0 aliphatic carbocycles. The van der Waals surface area contributed by atoms with Crippen molar-refractivity contribution in [2.75, 3.05) is 12.9 Å². The van der Waals surface area contributed by atoms with Gasteiger partial charge in [-0.15, -0.1) is 0 Å². The predicted molar refractivity (Wildman–Crippen MR) is 102 cm³/mol. The zero-order valence-corrected chi connectivity index (χ0v) is 17.1. The molecule has 1 saturated heterocycles. The normalized spacial score (nSPS) is 25.8. The lowest BCUT2D eigenvalue weighted by Gasteiger charge is -2.40. The summed E-state index contributed by atoms with van der Waals surface area (Å²) >= 11 is 0. The number of fused-ring (bicyclic) bond motifs is 1. The van der Waals surface area contributed by atoms with Crippen molar-refractivity contribution < 1.29 is 21.9 Å². The van der Waals surface area contributed by atoms with Crippen molar-refractivity contribution in [3.63, 3.8) is 0 Å². The number of nitrogens with zero attached hydrogens (tertiary/aromatic N) is 3. The van der Waals surface area contributed by atoms with Crippen molar-refractivity contribution >= 4 is 19.4 Å². The fourth-order valence-electron chi connectivity index (χ4n) is 3.85. The molecule has 0 spiro atoms. The summed E-state index contributed by atoms with van der Waals surface area (Å²) in [4.78, 5) is 2.16. The highest BCUT2D eigenvalue weighted by Crippen LogP contribution is 2.35. The SMILES string of the molecule is CS(=O)(=O)n1cc2c(n1)CN([C@H]1COC(c3cc(F)ccc3F)[C@@H](NP)C1)C2. The van der Waals surface area contributed by atoms with Gasteiger partial charge in [-0.3, -0.25) is 9.99 Å². The molecular weight excluding hydrogens is 409 g/mol. The Kier molecular flexibility index (Phi) is 5.26. The molecule has 1 fully saturated rings. The molecule has 2 aliphatic rings. The molecule has 4 atom stereocenters. The topological polar surface area (TPSA) is 76.5 Å². The van der Waals surface area contributed by atoms with Gasteiger partial charge in [-0.2, -0.15) is 9.19 Å². The minimum absolute atomic E-state index is 0.0480. The fraction of sp³-hybridized carbons (Fsp3) is 0.471. The molecule has 2 aliphatic heterocycles. The fourth-order valence-corrected chi connectivity index (χ4v) is 4.72. The van der Waals surface area contributed by atoms with E-state index in [9.17, 15) is 17.2 Å². The largest absolute Gasteiger partial charge is 0.370 e. The number of hydrogen-bond donors (Lipinski definition) is 1. The van der Waals surface area contributed by atoms with Crippen LogP contribution in [-0.2, 0) is 27.8 Å². The van der Waals surface area contributed by atoms with Crippen LogP contribution in [0.5, 0.6) is 0 Å². The molecule has 0 amide bonds. The Morgan fingerprint density at radius 2 is 2.11 bits per heavy atom. The van der Waals surface area contributed by atoms with Crippen LogP contribution in [0, 0.1) is 11.6 Å². The van der Waals surface area contributed by atoms with Crippen LogP contribution in [0.25, 0.3) is 0 Å². The first-order valence-electron chi connectivity index (χ1n) is 8.81. The maximum Gasteiger partial charge on any atom is 0.250 e. The van der Waals surface area contributed by atoms with Gasteiger partial charge in [0.15, 0.2) is 0 Å². The van der Waals surface area contributed by atoms with E-state index in [0.717, 1.165) is 33.7 Å². The first kappa shape index (κ1) is 19.8. The highest BCUT2D eigenvalue weighted by Gasteiger charge is 2.38. The molecule has 7 nitrogen and oxygen atoms in total. The molecule has 4 rings (SSSR count). The number of ether oxygens (including phenoxy) is 1. The Morgan fingerprint density at radius 1 is 1.32 bits per heavy atom. The summed E-state index contributed by atoms with van der Waals surface area (Å²) in [5.41, 5.74) is 1.81. The van der Waals surface area contributed by atoms with Crippen LogP contribution in [0.1, 0.15) is 29.3 Å². The van der Waals surface area contributed by atoms with Crippen molar-refractivity contribution in [3.05, 3.63) is 52.9 Å². The molecule has 1 aromatic heterocycles. The molecule has 0 saturated carbocycles. The van der Waals surface area contributed by atoms with E-state index in [0.29, 0.717) is 26.1 Å². The van der Waals surface area contributed by atoms with E-state index < -0.39 is 27.8 Å². The molecule has 3 heterocycles. The first-order valence-corrected chi connectivity index (χ1v) is 11.2. The van der Waals surface area contributed by atoms with Crippen molar-refractivity contribution in [2.24, 2.45) is 0 Å². The summed E-state index contributed by atoms with van der Waals surface area (Å²) in [6.07, 6.45) is 2.73. The summed E-state index contributed by atoms with van der Waals surface area (Å²) in [5, 5.41) is 7.24. The molecule has 11 heteroatoms. The number of aromatic nitrogens is 2. The van der Waals surface area contributed by atoms with Crippen LogP contribution in [0.2, 0.25) is 0 Å². The number of nitrogens with one attached hydrogen (secondary N) is 1. The van der Waals surface area contributed by atoms with Gasteiger partial charge in [0, 0.05) is 42.5 Å². The highest BCUT2D eigenvalue weighted by molar-refractivity contribution is 7.89. The minimum atomic E-state index is -3.40. The Hall–Kier alpha value is -1.45. The quantitative estimate of drug-likeness (QED) is 0.743. The summed E-state index contributed by atoms with van der Waals surface area (Å²) in [7, 11) is -0.976.